The highest BCUT2D eigenvalue weighted by molar-refractivity contribution is 7.99. The maximum Gasteiger partial charge on any atom is 0.326 e. The number of Topliss-reactive ketones (excluding diaryl/α,β-unsaturated/α-hetero) is 1. The summed E-state index contributed by atoms with van der Waals surface area (Å²) in [5.41, 5.74) is 2.29. The average Bonchev–Trinajstić information content (AvgIpc) is 3.72. The molecular weight excluding hydrogens is 624 g/mol. The molecular formula is C34H50N4O8S. The molecule has 0 aromatic carbocycles. The summed E-state index contributed by atoms with van der Waals surface area (Å²) in [5, 5.41) is 30.8. The number of aliphatic carboxylic acids is 1. The molecule has 3 aliphatic carbocycles. The average molecular weight is 675 g/mol. The standard InChI is InChI=1S/C34H50N4O8S/c1-17(2)11-24(30(42)35-14-27(40)37-25(32(44)45)12-18(3)4)38-31(43)26(36-21(7)39)16-47-15-23-19(5)13-22-28(23)20(6)34(9-10-34)33(8,46)29(22)41/h13,17-18,24-26,46H,9-12,14-16H2,1-8H3,(H,35,42)(H,36,39)(H,37,40)(H,38,43)(H,44,45)/t24-,25-,26+,33-/m0/s1. The monoisotopic (exact) mass is 674 g/mol. The highest BCUT2D eigenvalue weighted by atomic mass is 32.2. The lowest BCUT2D eigenvalue weighted by molar-refractivity contribution is -0.142. The van der Waals surface area contributed by atoms with Gasteiger partial charge in [-0.3, -0.25) is 24.0 Å². The van der Waals surface area contributed by atoms with Crippen LogP contribution < -0.4 is 21.3 Å². The zero-order chi connectivity index (χ0) is 35.4. The first-order valence-electron chi connectivity index (χ1n) is 16.2. The molecule has 4 atom stereocenters. The number of carboxylic acid groups (broad SMARTS) is 1. The van der Waals surface area contributed by atoms with Crippen molar-refractivity contribution in [3.63, 3.8) is 0 Å². The van der Waals surface area contributed by atoms with Crippen LogP contribution in [0.15, 0.2) is 33.9 Å². The number of aliphatic hydroxyl groups is 1. The first-order valence-corrected chi connectivity index (χ1v) is 17.3. The number of fused-ring (bicyclic) bond motifs is 1. The highest BCUT2D eigenvalue weighted by Crippen LogP contribution is 2.65. The first kappa shape index (κ1) is 38.0. The van der Waals surface area contributed by atoms with Crippen molar-refractivity contribution in [1.82, 2.24) is 21.3 Å². The van der Waals surface area contributed by atoms with Crippen LogP contribution >= 0.6 is 11.8 Å². The van der Waals surface area contributed by atoms with Gasteiger partial charge >= 0.3 is 5.97 Å². The van der Waals surface area contributed by atoms with Gasteiger partial charge in [-0.25, -0.2) is 4.79 Å². The van der Waals surface area contributed by atoms with Crippen molar-refractivity contribution >= 4 is 47.1 Å². The number of carbonyl (C=O) groups excluding carboxylic acids is 5. The number of amides is 4. The minimum absolute atomic E-state index is 0.000122. The van der Waals surface area contributed by atoms with E-state index < -0.39 is 65.3 Å². The zero-order valence-corrected chi connectivity index (χ0v) is 29.5. The normalized spacial score (nSPS) is 21.7. The molecule has 3 aliphatic rings. The van der Waals surface area contributed by atoms with E-state index in [1.54, 1.807) is 6.92 Å². The Morgan fingerprint density at radius 1 is 0.915 bits per heavy atom. The van der Waals surface area contributed by atoms with Crippen LogP contribution in [0, 0.1) is 17.3 Å². The van der Waals surface area contributed by atoms with Crippen LogP contribution in [0.5, 0.6) is 0 Å². The smallest absolute Gasteiger partial charge is 0.326 e. The molecule has 0 radical (unpaired) electrons. The molecule has 0 unspecified atom stereocenters. The van der Waals surface area contributed by atoms with Crippen LogP contribution in [-0.2, 0) is 28.8 Å². The molecule has 47 heavy (non-hydrogen) atoms. The van der Waals surface area contributed by atoms with E-state index in [1.807, 2.05) is 47.6 Å². The Balaban J connectivity index is 1.66. The van der Waals surface area contributed by atoms with E-state index >= 15 is 0 Å². The molecule has 3 rings (SSSR count). The molecule has 6 N–H and O–H groups in total. The van der Waals surface area contributed by atoms with E-state index in [1.165, 1.54) is 18.7 Å². The van der Waals surface area contributed by atoms with Crippen LogP contribution in [0.1, 0.15) is 81.1 Å². The number of hydrogen-bond acceptors (Lipinski definition) is 8. The third kappa shape index (κ3) is 8.72. The number of thioether (sulfide) groups is 1. The maximum atomic E-state index is 13.4. The maximum absolute atomic E-state index is 13.4. The van der Waals surface area contributed by atoms with Gasteiger partial charge in [0.2, 0.25) is 23.6 Å². The fourth-order valence-electron chi connectivity index (χ4n) is 6.51. The largest absolute Gasteiger partial charge is 0.480 e. The number of allylic oxidation sites excluding steroid dienone is 3. The Kier molecular flexibility index (Phi) is 12.3. The zero-order valence-electron chi connectivity index (χ0n) is 28.7. The van der Waals surface area contributed by atoms with E-state index in [-0.39, 0.29) is 36.2 Å². The van der Waals surface area contributed by atoms with E-state index in [0.717, 1.165) is 35.1 Å². The van der Waals surface area contributed by atoms with Gasteiger partial charge in [0.1, 0.15) is 23.7 Å². The van der Waals surface area contributed by atoms with Gasteiger partial charge in [0, 0.05) is 29.4 Å². The van der Waals surface area contributed by atoms with Gasteiger partial charge in [0.15, 0.2) is 5.78 Å². The second-order valence-corrected chi connectivity index (χ2v) is 15.0. The topological polar surface area (TPSA) is 191 Å². The SMILES string of the molecule is CC(=O)N[C@H](CSCC1=C(C)C=C2C(=O)[C@](C)(O)C3(CC3)C(C)=C21)C(=O)N[C@@H](CC(C)C)C(=O)NCC(=O)N[C@@H](CC(C)C)C(=O)O. The van der Waals surface area contributed by atoms with Crippen molar-refractivity contribution in [3.8, 4) is 0 Å². The predicted molar refractivity (Wildman–Crippen MR) is 179 cm³/mol. The molecule has 4 amide bonds. The first-order chi connectivity index (χ1) is 21.8. The third-order valence-corrected chi connectivity index (χ3v) is 10.3. The van der Waals surface area contributed by atoms with Gasteiger partial charge in [0.25, 0.3) is 0 Å². The molecule has 1 fully saturated rings. The second-order valence-electron chi connectivity index (χ2n) is 14.0. The molecule has 0 bridgehead atoms. The highest BCUT2D eigenvalue weighted by Gasteiger charge is 2.65. The lowest BCUT2D eigenvalue weighted by Gasteiger charge is -2.39. The lowest BCUT2D eigenvalue weighted by Crippen LogP contribution is -2.55. The van der Waals surface area contributed by atoms with Crippen LogP contribution in [0.25, 0.3) is 0 Å². The van der Waals surface area contributed by atoms with Crippen molar-refractivity contribution in [2.75, 3.05) is 18.1 Å². The van der Waals surface area contributed by atoms with Crippen molar-refractivity contribution in [1.29, 1.82) is 0 Å². The Hall–Kier alpha value is -3.45. The molecule has 0 aliphatic heterocycles. The quantitative estimate of drug-likeness (QED) is 0.142. The minimum Gasteiger partial charge on any atom is -0.480 e. The summed E-state index contributed by atoms with van der Waals surface area (Å²) >= 11 is 1.41. The number of ketones is 1. The Morgan fingerprint density at radius 2 is 1.51 bits per heavy atom. The van der Waals surface area contributed by atoms with Gasteiger partial charge in [-0.1, -0.05) is 33.3 Å². The molecule has 1 spiro atoms. The predicted octanol–water partition coefficient (Wildman–Crippen LogP) is 2.17. The van der Waals surface area contributed by atoms with Crippen LogP contribution in [0.2, 0.25) is 0 Å². The fraction of sp³-hybridized carbons (Fsp3) is 0.647. The molecule has 13 heteroatoms. The molecule has 0 aromatic heterocycles. The van der Waals surface area contributed by atoms with Gasteiger partial charge in [0.05, 0.1) is 6.54 Å². The number of carboxylic acids is 1. The number of carbonyl (C=O) groups is 6. The van der Waals surface area contributed by atoms with Gasteiger partial charge < -0.3 is 31.5 Å². The minimum atomic E-state index is -1.44. The van der Waals surface area contributed by atoms with Crippen LogP contribution in [0.4, 0.5) is 0 Å². The number of rotatable bonds is 16. The van der Waals surface area contributed by atoms with Crippen molar-refractivity contribution in [3.05, 3.63) is 33.9 Å². The van der Waals surface area contributed by atoms with Crippen molar-refractivity contribution in [2.45, 2.75) is 105 Å². The van der Waals surface area contributed by atoms with E-state index in [0.29, 0.717) is 11.3 Å². The van der Waals surface area contributed by atoms with Crippen LogP contribution in [0.3, 0.4) is 0 Å². The Morgan fingerprint density at radius 3 is 2.04 bits per heavy atom. The van der Waals surface area contributed by atoms with Gasteiger partial charge in [-0.05, 0) is 81.1 Å². The molecule has 1 saturated carbocycles. The summed E-state index contributed by atoms with van der Waals surface area (Å²) < 4.78 is 0. The third-order valence-electron chi connectivity index (χ3n) is 9.20. The summed E-state index contributed by atoms with van der Waals surface area (Å²) in [5.74, 6) is -3.00. The number of hydrogen-bond donors (Lipinski definition) is 6. The summed E-state index contributed by atoms with van der Waals surface area (Å²) in [6.45, 7) is 13.8. The molecule has 260 valence electrons. The van der Waals surface area contributed by atoms with Crippen molar-refractivity contribution in [2.24, 2.45) is 17.3 Å². The molecule has 0 saturated heterocycles. The van der Waals surface area contributed by atoms with Gasteiger partial charge in [-0.15, -0.1) is 0 Å². The lowest BCUT2D eigenvalue weighted by atomic mass is 9.67. The summed E-state index contributed by atoms with van der Waals surface area (Å²) in [4.78, 5) is 75.8. The fourth-order valence-corrected chi connectivity index (χ4v) is 7.68. The molecule has 12 nitrogen and oxygen atoms in total. The Bertz CT molecular complexity index is 1410. The van der Waals surface area contributed by atoms with Crippen LogP contribution in [-0.4, -0.2) is 87.4 Å². The van der Waals surface area contributed by atoms with Gasteiger partial charge in [-0.2, -0.15) is 11.8 Å². The summed E-state index contributed by atoms with van der Waals surface area (Å²) in [6.07, 6.45) is 3.80. The molecule has 0 aromatic rings. The Labute approximate surface area is 281 Å². The van der Waals surface area contributed by atoms with Crippen molar-refractivity contribution < 1.29 is 39.0 Å². The molecule has 0 heterocycles. The summed E-state index contributed by atoms with van der Waals surface area (Å²) in [6, 6.07) is -3.06. The number of nitrogens with one attached hydrogen (secondary N) is 4. The summed E-state index contributed by atoms with van der Waals surface area (Å²) in [7, 11) is 0. The van der Waals surface area contributed by atoms with E-state index in [2.05, 4.69) is 21.3 Å². The van der Waals surface area contributed by atoms with E-state index in [4.69, 9.17) is 0 Å². The second kappa shape index (κ2) is 15.2. The van der Waals surface area contributed by atoms with E-state index in [9.17, 15) is 39.0 Å².